The zero-order valence-corrected chi connectivity index (χ0v) is 18.2. The Labute approximate surface area is 181 Å². The van der Waals surface area contributed by atoms with E-state index in [1.165, 1.54) is 23.7 Å². The van der Waals surface area contributed by atoms with Gasteiger partial charge in [0, 0.05) is 49.9 Å². The number of benzene rings is 2. The van der Waals surface area contributed by atoms with E-state index in [2.05, 4.69) is 57.8 Å². The van der Waals surface area contributed by atoms with Crippen LogP contribution in [0.2, 0.25) is 0 Å². The number of hydrogen-bond acceptors (Lipinski definition) is 5. The van der Waals surface area contributed by atoms with E-state index in [1.54, 1.807) is 0 Å². The highest BCUT2D eigenvalue weighted by molar-refractivity contribution is 5.96. The first-order chi connectivity index (χ1) is 14.9. The molecule has 0 unspecified atom stereocenters. The molecule has 31 heavy (non-hydrogen) atoms. The smallest absolute Gasteiger partial charge is 0.242 e. The number of carbonyl (C=O) groups is 2. The molecule has 1 saturated heterocycles. The first-order valence-corrected chi connectivity index (χ1v) is 10.5. The average molecular weight is 421 g/mol. The van der Waals surface area contributed by atoms with Crippen LogP contribution in [0.3, 0.4) is 0 Å². The summed E-state index contributed by atoms with van der Waals surface area (Å²) in [5.41, 5.74) is 5.34. The first kappa shape index (κ1) is 20.7. The molecule has 0 saturated carbocycles. The number of amides is 2. The van der Waals surface area contributed by atoms with Crippen LogP contribution in [-0.4, -0.2) is 59.6 Å². The number of H-pyrrole nitrogens is 1. The molecule has 8 nitrogen and oxygen atoms in total. The van der Waals surface area contributed by atoms with Gasteiger partial charge in [-0.2, -0.15) is 5.10 Å². The second-order valence-corrected chi connectivity index (χ2v) is 7.95. The summed E-state index contributed by atoms with van der Waals surface area (Å²) in [4.78, 5) is 28.2. The second kappa shape index (κ2) is 8.67. The van der Waals surface area contributed by atoms with Gasteiger partial charge in [0.15, 0.2) is 5.82 Å². The maximum Gasteiger partial charge on any atom is 0.242 e. The fraction of sp³-hybridized carbons (Fsp3) is 0.348. The molecule has 0 bridgehead atoms. The zero-order chi connectivity index (χ0) is 22.0. The van der Waals surface area contributed by atoms with Crippen LogP contribution in [0.15, 0.2) is 36.4 Å². The SMILES string of the molecule is CC(=O)Nc1ccc2c(NCC(=O)N3CCN(c4cccc(C)c4C)CC3)n[nH]c2c1. The molecule has 8 heteroatoms. The maximum atomic E-state index is 12.7. The number of nitrogens with zero attached hydrogens (tertiary/aromatic N) is 3. The molecule has 1 fully saturated rings. The lowest BCUT2D eigenvalue weighted by Gasteiger charge is -2.37. The van der Waals surface area contributed by atoms with Crippen LogP contribution in [0.25, 0.3) is 10.9 Å². The number of aromatic nitrogens is 2. The van der Waals surface area contributed by atoms with E-state index < -0.39 is 0 Å². The van der Waals surface area contributed by atoms with Crippen molar-refractivity contribution in [2.45, 2.75) is 20.8 Å². The molecule has 1 aliphatic rings. The van der Waals surface area contributed by atoms with Crippen molar-refractivity contribution in [1.82, 2.24) is 15.1 Å². The Bertz CT molecular complexity index is 1110. The summed E-state index contributed by atoms with van der Waals surface area (Å²) in [6, 6.07) is 11.9. The van der Waals surface area contributed by atoms with Crippen LogP contribution in [0.5, 0.6) is 0 Å². The van der Waals surface area contributed by atoms with Gasteiger partial charge in [-0.25, -0.2) is 0 Å². The number of rotatable bonds is 5. The highest BCUT2D eigenvalue weighted by Gasteiger charge is 2.22. The molecule has 0 atom stereocenters. The number of carbonyl (C=O) groups excluding carboxylic acids is 2. The lowest BCUT2D eigenvalue weighted by Crippen LogP contribution is -2.50. The van der Waals surface area contributed by atoms with E-state index in [-0.39, 0.29) is 18.4 Å². The zero-order valence-electron chi connectivity index (χ0n) is 18.2. The topological polar surface area (TPSA) is 93.4 Å². The Morgan fingerprint density at radius 3 is 2.61 bits per heavy atom. The number of hydrogen-bond donors (Lipinski definition) is 3. The van der Waals surface area contributed by atoms with Gasteiger partial charge < -0.3 is 20.4 Å². The van der Waals surface area contributed by atoms with Gasteiger partial charge in [-0.15, -0.1) is 0 Å². The molecular formula is C23H28N6O2. The van der Waals surface area contributed by atoms with Crippen LogP contribution in [-0.2, 0) is 9.59 Å². The molecule has 1 aromatic heterocycles. The molecular weight excluding hydrogens is 392 g/mol. The molecule has 2 aromatic carbocycles. The Balaban J connectivity index is 1.33. The predicted molar refractivity (Wildman–Crippen MR) is 124 cm³/mol. The summed E-state index contributed by atoms with van der Waals surface area (Å²) in [5, 5.41) is 14.0. The van der Waals surface area contributed by atoms with Crippen LogP contribution in [0.4, 0.5) is 17.2 Å². The molecule has 0 spiro atoms. The number of piperazine rings is 1. The number of anilines is 3. The summed E-state index contributed by atoms with van der Waals surface area (Å²) in [6.45, 7) is 9.00. The predicted octanol–water partition coefficient (Wildman–Crippen LogP) is 2.90. The van der Waals surface area contributed by atoms with Crippen molar-refractivity contribution in [3.63, 3.8) is 0 Å². The molecule has 0 aliphatic carbocycles. The van der Waals surface area contributed by atoms with Crippen molar-refractivity contribution in [3.05, 3.63) is 47.5 Å². The third-order valence-electron chi connectivity index (χ3n) is 5.84. The molecule has 162 valence electrons. The summed E-state index contributed by atoms with van der Waals surface area (Å²) in [6.07, 6.45) is 0. The Morgan fingerprint density at radius 1 is 1.10 bits per heavy atom. The number of aromatic amines is 1. The van der Waals surface area contributed by atoms with Gasteiger partial charge in [0.2, 0.25) is 11.8 Å². The molecule has 1 aliphatic heterocycles. The Hall–Kier alpha value is -3.55. The number of aryl methyl sites for hydroxylation is 1. The van der Waals surface area contributed by atoms with Gasteiger partial charge >= 0.3 is 0 Å². The van der Waals surface area contributed by atoms with E-state index in [0.717, 1.165) is 24.0 Å². The minimum Gasteiger partial charge on any atom is -0.368 e. The monoisotopic (exact) mass is 420 g/mol. The number of fused-ring (bicyclic) bond motifs is 1. The Morgan fingerprint density at radius 2 is 1.87 bits per heavy atom. The third-order valence-corrected chi connectivity index (χ3v) is 5.84. The van der Waals surface area contributed by atoms with Crippen molar-refractivity contribution in [1.29, 1.82) is 0 Å². The summed E-state index contributed by atoms with van der Waals surface area (Å²) in [5.74, 6) is 0.568. The van der Waals surface area contributed by atoms with E-state index in [0.29, 0.717) is 24.6 Å². The van der Waals surface area contributed by atoms with Gasteiger partial charge in [0.1, 0.15) is 0 Å². The quantitative estimate of drug-likeness (QED) is 0.590. The fourth-order valence-electron chi connectivity index (χ4n) is 3.98. The average Bonchev–Trinajstić information content (AvgIpc) is 3.16. The van der Waals surface area contributed by atoms with Crippen LogP contribution >= 0.6 is 0 Å². The second-order valence-electron chi connectivity index (χ2n) is 7.95. The molecule has 2 amide bonds. The highest BCUT2D eigenvalue weighted by atomic mass is 16.2. The molecule has 2 heterocycles. The van der Waals surface area contributed by atoms with Gasteiger partial charge in [0.25, 0.3) is 0 Å². The highest BCUT2D eigenvalue weighted by Crippen LogP contribution is 2.25. The minimum absolute atomic E-state index is 0.0617. The summed E-state index contributed by atoms with van der Waals surface area (Å²) >= 11 is 0. The molecule has 3 N–H and O–H groups in total. The third kappa shape index (κ3) is 4.47. The molecule has 4 rings (SSSR count). The van der Waals surface area contributed by atoms with Crippen LogP contribution < -0.4 is 15.5 Å². The summed E-state index contributed by atoms with van der Waals surface area (Å²) < 4.78 is 0. The van der Waals surface area contributed by atoms with Gasteiger partial charge in [-0.05, 0) is 49.2 Å². The van der Waals surface area contributed by atoms with E-state index in [4.69, 9.17) is 0 Å². The maximum absolute atomic E-state index is 12.7. The normalized spacial score (nSPS) is 14.0. The van der Waals surface area contributed by atoms with Gasteiger partial charge in [-0.1, -0.05) is 12.1 Å². The largest absolute Gasteiger partial charge is 0.368 e. The summed E-state index contributed by atoms with van der Waals surface area (Å²) in [7, 11) is 0. The molecule has 3 aromatic rings. The van der Waals surface area contributed by atoms with Crippen LogP contribution in [0.1, 0.15) is 18.1 Å². The first-order valence-electron chi connectivity index (χ1n) is 10.5. The lowest BCUT2D eigenvalue weighted by atomic mass is 10.1. The molecule has 0 radical (unpaired) electrons. The Kier molecular flexibility index (Phi) is 5.79. The minimum atomic E-state index is -0.125. The van der Waals surface area contributed by atoms with Gasteiger partial charge in [0.05, 0.1) is 12.1 Å². The lowest BCUT2D eigenvalue weighted by molar-refractivity contribution is -0.129. The number of nitrogens with one attached hydrogen (secondary N) is 3. The van der Waals surface area contributed by atoms with E-state index >= 15 is 0 Å². The van der Waals surface area contributed by atoms with Crippen molar-refractivity contribution in [3.8, 4) is 0 Å². The standard InChI is InChI=1S/C23H28N6O2/c1-15-5-4-6-21(16(15)2)28-9-11-29(12-10-28)22(31)14-24-23-19-8-7-18(25-17(3)30)13-20(19)26-27-23/h4-8,13H,9-12,14H2,1-3H3,(H,25,30)(H2,24,26,27). The van der Waals surface area contributed by atoms with E-state index in [1.807, 2.05) is 23.1 Å². The van der Waals surface area contributed by atoms with Crippen LogP contribution in [0, 0.1) is 13.8 Å². The van der Waals surface area contributed by atoms with Crippen molar-refractivity contribution >= 4 is 39.9 Å². The van der Waals surface area contributed by atoms with Crippen molar-refractivity contribution in [2.24, 2.45) is 0 Å². The fourth-order valence-corrected chi connectivity index (χ4v) is 3.98. The van der Waals surface area contributed by atoms with Gasteiger partial charge in [-0.3, -0.25) is 14.7 Å². The van der Waals surface area contributed by atoms with Crippen molar-refractivity contribution in [2.75, 3.05) is 48.3 Å². The van der Waals surface area contributed by atoms with E-state index in [9.17, 15) is 9.59 Å². The van der Waals surface area contributed by atoms with Crippen molar-refractivity contribution < 1.29 is 9.59 Å².